The van der Waals surface area contributed by atoms with Crippen LogP contribution in [0.4, 0.5) is 0 Å². The third-order valence-electron chi connectivity index (χ3n) is 4.76. The highest BCUT2D eigenvalue weighted by Gasteiger charge is 2.22. The molecule has 0 spiro atoms. The van der Waals surface area contributed by atoms with Crippen molar-refractivity contribution in [1.82, 2.24) is 10.2 Å². The molecule has 0 bridgehead atoms. The fraction of sp³-hybridized carbons (Fsp3) is 0.647. The maximum Gasteiger partial charge on any atom is 0.0233 e. The van der Waals surface area contributed by atoms with Gasteiger partial charge in [0.1, 0.15) is 0 Å². The quantitative estimate of drug-likeness (QED) is 0.873. The van der Waals surface area contributed by atoms with Gasteiger partial charge in [-0.05, 0) is 56.8 Å². The van der Waals surface area contributed by atoms with Gasteiger partial charge in [-0.2, -0.15) is 0 Å². The molecule has 2 heteroatoms. The molecule has 2 nitrogen and oxygen atoms in total. The van der Waals surface area contributed by atoms with Crippen molar-refractivity contribution in [3.63, 3.8) is 0 Å². The summed E-state index contributed by atoms with van der Waals surface area (Å²) in [7, 11) is 0. The largest absolute Gasteiger partial charge is 0.314 e. The molecule has 0 aromatic heterocycles. The van der Waals surface area contributed by atoms with Gasteiger partial charge in [-0.25, -0.2) is 0 Å². The van der Waals surface area contributed by atoms with E-state index in [1.54, 1.807) is 0 Å². The Balaban J connectivity index is 1.37. The van der Waals surface area contributed by atoms with Gasteiger partial charge in [0.05, 0.1) is 0 Å². The van der Waals surface area contributed by atoms with Crippen LogP contribution >= 0.6 is 0 Å². The Bertz CT molecular complexity index is 364. The first-order chi connectivity index (χ1) is 9.40. The molecule has 2 aliphatic rings. The predicted molar refractivity (Wildman–Crippen MR) is 80.1 cm³/mol. The number of nitrogens with one attached hydrogen (secondary N) is 1. The highest BCUT2D eigenvalue weighted by molar-refractivity contribution is 5.14. The molecule has 1 aliphatic carbocycles. The molecule has 19 heavy (non-hydrogen) atoms. The fourth-order valence-corrected chi connectivity index (χ4v) is 3.17. The molecule has 1 N–H and O–H groups in total. The first-order valence-electron chi connectivity index (χ1n) is 7.90. The lowest BCUT2D eigenvalue weighted by Crippen LogP contribution is -2.44. The zero-order chi connectivity index (χ0) is 12.9. The summed E-state index contributed by atoms with van der Waals surface area (Å²) < 4.78 is 0. The Kier molecular flexibility index (Phi) is 4.52. The summed E-state index contributed by atoms with van der Waals surface area (Å²) in [6.45, 7) is 4.88. The molecule has 1 heterocycles. The Morgan fingerprint density at radius 1 is 1.00 bits per heavy atom. The Hall–Kier alpha value is -0.860. The average Bonchev–Trinajstić information content (AvgIpc) is 2.40. The average molecular weight is 258 g/mol. The molecule has 1 aromatic rings. The van der Waals surface area contributed by atoms with Crippen LogP contribution in [-0.4, -0.2) is 30.6 Å². The van der Waals surface area contributed by atoms with E-state index in [4.69, 9.17) is 0 Å². The zero-order valence-electron chi connectivity index (χ0n) is 11.9. The van der Waals surface area contributed by atoms with Crippen molar-refractivity contribution in [1.29, 1.82) is 0 Å². The lowest BCUT2D eigenvalue weighted by atomic mass is 9.85. The zero-order valence-corrected chi connectivity index (χ0v) is 11.9. The number of likely N-dealkylation sites (tertiary alicyclic amines) is 1. The van der Waals surface area contributed by atoms with Crippen LogP contribution in [0.5, 0.6) is 0 Å². The van der Waals surface area contributed by atoms with E-state index in [1.165, 1.54) is 57.3 Å². The monoisotopic (exact) mass is 258 g/mol. The van der Waals surface area contributed by atoms with E-state index in [9.17, 15) is 0 Å². The Morgan fingerprint density at radius 3 is 2.37 bits per heavy atom. The van der Waals surface area contributed by atoms with Gasteiger partial charge in [0, 0.05) is 12.6 Å². The van der Waals surface area contributed by atoms with E-state index in [-0.39, 0.29) is 0 Å². The number of piperidine rings is 1. The molecule has 0 amide bonds. The number of benzene rings is 1. The van der Waals surface area contributed by atoms with E-state index in [1.807, 2.05) is 0 Å². The molecule has 2 fully saturated rings. The topological polar surface area (TPSA) is 15.3 Å². The highest BCUT2D eigenvalue weighted by Crippen LogP contribution is 2.25. The molecule has 1 saturated carbocycles. The van der Waals surface area contributed by atoms with E-state index in [0.717, 1.165) is 18.5 Å². The maximum absolute atomic E-state index is 3.78. The van der Waals surface area contributed by atoms with Gasteiger partial charge in [-0.15, -0.1) is 0 Å². The molecular formula is C17H26N2. The second-order valence-corrected chi connectivity index (χ2v) is 6.24. The lowest BCUT2D eigenvalue weighted by Gasteiger charge is -2.34. The standard InChI is InChI=1S/C17H26N2/c1-2-5-16(6-3-1)14-19-11-9-17(10-12-19)18-13-15-7-4-8-15/h1-3,5-6,15,17-18H,4,7-14H2. The normalized spacial score (nSPS) is 22.3. The number of hydrogen-bond acceptors (Lipinski definition) is 2. The first kappa shape index (κ1) is 13.1. The van der Waals surface area contributed by atoms with Crippen molar-refractivity contribution in [2.45, 2.75) is 44.7 Å². The van der Waals surface area contributed by atoms with Gasteiger partial charge >= 0.3 is 0 Å². The maximum atomic E-state index is 3.78. The third-order valence-corrected chi connectivity index (χ3v) is 4.76. The molecule has 3 rings (SSSR count). The molecule has 1 saturated heterocycles. The Labute approximate surface area is 117 Å². The van der Waals surface area contributed by atoms with E-state index < -0.39 is 0 Å². The number of nitrogens with zero attached hydrogens (tertiary/aromatic N) is 1. The summed E-state index contributed by atoms with van der Waals surface area (Å²) in [4.78, 5) is 2.59. The van der Waals surface area contributed by atoms with Gasteiger partial charge in [0.2, 0.25) is 0 Å². The van der Waals surface area contributed by atoms with Gasteiger partial charge in [-0.3, -0.25) is 4.90 Å². The van der Waals surface area contributed by atoms with Gasteiger partial charge < -0.3 is 5.32 Å². The van der Waals surface area contributed by atoms with Crippen LogP contribution < -0.4 is 5.32 Å². The molecule has 0 radical (unpaired) electrons. The van der Waals surface area contributed by atoms with Gasteiger partial charge in [-0.1, -0.05) is 36.8 Å². The van der Waals surface area contributed by atoms with Crippen LogP contribution in [0.2, 0.25) is 0 Å². The molecular weight excluding hydrogens is 232 g/mol. The predicted octanol–water partition coefficient (Wildman–Crippen LogP) is 3.04. The minimum Gasteiger partial charge on any atom is -0.314 e. The van der Waals surface area contributed by atoms with E-state index in [2.05, 4.69) is 40.5 Å². The van der Waals surface area contributed by atoms with E-state index >= 15 is 0 Å². The molecule has 1 aromatic carbocycles. The van der Waals surface area contributed by atoms with Crippen molar-refractivity contribution in [2.24, 2.45) is 5.92 Å². The second kappa shape index (κ2) is 6.53. The Morgan fingerprint density at radius 2 is 1.74 bits per heavy atom. The summed E-state index contributed by atoms with van der Waals surface area (Å²) >= 11 is 0. The van der Waals surface area contributed by atoms with Crippen molar-refractivity contribution >= 4 is 0 Å². The summed E-state index contributed by atoms with van der Waals surface area (Å²) in [6, 6.07) is 11.6. The minimum atomic E-state index is 0.771. The number of rotatable bonds is 5. The van der Waals surface area contributed by atoms with Crippen LogP contribution in [0.25, 0.3) is 0 Å². The third kappa shape index (κ3) is 3.80. The summed E-state index contributed by atoms with van der Waals surface area (Å²) in [5, 5.41) is 3.78. The van der Waals surface area contributed by atoms with Crippen molar-refractivity contribution in [2.75, 3.05) is 19.6 Å². The molecule has 0 unspecified atom stereocenters. The fourth-order valence-electron chi connectivity index (χ4n) is 3.17. The SMILES string of the molecule is c1ccc(CN2CCC(NCC3CCC3)CC2)cc1. The van der Waals surface area contributed by atoms with Crippen LogP contribution in [-0.2, 0) is 6.54 Å². The summed E-state index contributed by atoms with van der Waals surface area (Å²) in [5.41, 5.74) is 1.45. The minimum absolute atomic E-state index is 0.771. The summed E-state index contributed by atoms with van der Waals surface area (Å²) in [6.07, 6.45) is 7.01. The van der Waals surface area contributed by atoms with Gasteiger partial charge in [0.15, 0.2) is 0 Å². The van der Waals surface area contributed by atoms with Crippen molar-refractivity contribution in [3.05, 3.63) is 35.9 Å². The smallest absolute Gasteiger partial charge is 0.0233 e. The van der Waals surface area contributed by atoms with E-state index in [0.29, 0.717) is 0 Å². The van der Waals surface area contributed by atoms with Crippen LogP contribution in [0.3, 0.4) is 0 Å². The van der Waals surface area contributed by atoms with Crippen LogP contribution in [0, 0.1) is 5.92 Å². The van der Waals surface area contributed by atoms with Crippen LogP contribution in [0.1, 0.15) is 37.7 Å². The lowest BCUT2D eigenvalue weighted by molar-refractivity contribution is 0.181. The molecule has 104 valence electrons. The van der Waals surface area contributed by atoms with Gasteiger partial charge in [0.25, 0.3) is 0 Å². The van der Waals surface area contributed by atoms with Crippen LogP contribution in [0.15, 0.2) is 30.3 Å². The number of hydrogen-bond donors (Lipinski definition) is 1. The highest BCUT2D eigenvalue weighted by atomic mass is 15.1. The molecule has 0 atom stereocenters. The van der Waals surface area contributed by atoms with Crippen molar-refractivity contribution in [3.8, 4) is 0 Å². The summed E-state index contributed by atoms with van der Waals surface area (Å²) in [5.74, 6) is 0.988. The first-order valence-corrected chi connectivity index (χ1v) is 7.90. The second-order valence-electron chi connectivity index (χ2n) is 6.24. The van der Waals surface area contributed by atoms with Crippen molar-refractivity contribution < 1.29 is 0 Å². The molecule has 1 aliphatic heterocycles.